The monoisotopic (exact) mass is 264 g/mol. The Bertz CT molecular complexity index is 407. The first-order valence-corrected chi connectivity index (χ1v) is 6.72. The lowest BCUT2D eigenvalue weighted by molar-refractivity contribution is -0.123. The predicted octanol–water partition coefficient (Wildman–Crippen LogP) is 1.85. The standard InChI is InChI=1S/C15H24N2O2/c1-11-8-12(2)15(13(3)9-11)19-10-14(18)17-7-5-4-6-16/h8-9H,4-7,10,16H2,1-3H3,(H,17,18). The number of ether oxygens (including phenoxy) is 1. The van der Waals surface area contributed by atoms with Crippen LogP contribution in [0.4, 0.5) is 0 Å². The number of carbonyl (C=O) groups is 1. The summed E-state index contributed by atoms with van der Waals surface area (Å²) in [5.41, 5.74) is 8.72. The van der Waals surface area contributed by atoms with Crippen molar-refractivity contribution in [2.45, 2.75) is 33.6 Å². The van der Waals surface area contributed by atoms with Crippen molar-refractivity contribution in [2.24, 2.45) is 5.73 Å². The van der Waals surface area contributed by atoms with Gasteiger partial charge in [0.15, 0.2) is 6.61 Å². The maximum absolute atomic E-state index is 11.6. The summed E-state index contributed by atoms with van der Waals surface area (Å²) in [6.07, 6.45) is 1.84. The van der Waals surface area contributed by atoms with Crippen LogP contribution in [0.3, 0.4) is 0 Å². The van der Waals surface area contributed by atoms with Crippen LogP contribution in [-0.2, 0) is 4.79 Å². The molecule has 0 radical (unpaired) electrons. The van der Waals surface area contributed by atoms with E-state index in [9.17, 15) is 4.79 Å². The zero-order valence-electron chi connectivity index (χ0n) is 12.1. The highest BCUT2D eigenvalue weighted by Crippen LogP contribution is 2.24. The van der Waals surface area contributed by atoms with E-state index in [2.05, 4.69) is 17.4 Å². The SMILES string of the molecule is Cc1cc(C)c(OCC(=O)NCCCCN)c(C)c1. The Hall–Kier alpha value is -1.55. The summed E-state index contributed by atoms with van der Waals surface area (Å²) in [4.78, 5) is 11.6. The average molecular weight is 264 g/mol. The topological polar surface area (TPSA) is 64.3 Å². The van der Waals surface area contributed by atoms with Crippen LogP contribution in [0.5, 0.6) is 5.75 Å². The van der Waals surface area contributed by atoms with Crippen molar-refractivity contribution in [1.82, 2.24) is 5.32 Å². The van der Waals surface area contributed by atoms with Crippen molar-refractivity contribution in [3.05, 3.63) is 28.8 Å². The number of carbonyl (C=O) groups excluding carboxylic acids is 1. The van der Waals surface area contributed by atoms with Crippen LogP contribution in [0.25, 0.3) is 0 Å². The van der Waals surface area contributed by atoms with Gasteiger partial charge in [0.1, 0.15) is 5.75 Å². The molecule has 0 unspecified atom stereocenters. The van der Waals surface area contributed by atoms with Crippen molar-refractivity contribution < 1.29 is 9.53 Å². The molecule has 0 saturated heterocycles. The van der Waals surface area contributed by atoms with E-state index in [0.29, 0.717) is 13.1 Å². The number of nitrogens with two attached hydrogens (primary N) is 1. The lowest BCUT2D eigenvalue weighted by Gasteiger charge is -2.13. The summed E-state index contributed by atoms with van der Waals surface area (Å²) < 4.78 is 5.60. The molecular weight excluding hydrogens is 240 g/mol. The number of hydrogen-bond donors (Lipinski definition) is 2. The molecule has 0 aliphatic carbocycles. The fourth-order valence-corrected chi connectivity index (χ4v) is 2.08. The van der Waals surface area contributed by atoms with Crippen molar-refractivity contribution in [3.8, 4) is 5.75 Å². The summed E-state index contributed by atoms with van der Waals surface area (Å²) in [5, 5.41) is 2.82. The van der Waals surface area contributed by atoms with Gasteiger partial charge in [-0.05, 0) is 51.3 Å². The van der Waals surface area contributed by atoms with E-state index in [1.807, 2.05) is 20.8 Å². The third kappa shape index (κ3) is 5.30. The number of hydrogen-bond acceptors (Lipinski definition) is 3. The number of rotatable bonds is 7. The van der Waals surface area contributed by atoms with Gasteiger partial charge in [0.2, 0.25) is 0 Å². The van der Waals surface area contributed by atoms with E-state index in [1.165, 1.54) is 5.56 Å². The quantitative estimate of drug-likeness (QED) is 0.739. The van der Waals surface area contributed by atoms with Gasteiger partial charge in [-0.3, -0.25) is 4.79 Å². The largest absolute Gasteiger partial charge is 0.483 e. The average Bonchev–Trinajstić information content (AvgIpc) is 2.33. The maximum atomic E-state index is 11.6. The van der Waals surface area contributed by atoms with Crippen molar-refractivity contribution in [1.29, 1.82) is 0 Å². The minimum Gasteiger partial charge on any atom is -0.483 e. The normalized spacial score (nSPS) is 10.3. The van der Waals surface area contributed by atoms with E-state index < -0.39 is 0 Å². The van der Waals surface area contributed by atoms with E-state index in [1.54, 1.807) is 0 Å². The van der Waals surface area contributed by atoms with Gasteiger partial charge in [0, 0.05) is 6.54 Å². The van der Waals surface area contributed by atoms with Crippen LogP contribution >= 0.6 is 0 Å². The molecule has 106 valence electrons. The summed E-state index contributed by atoms with van der Waals surface area (Å²) in [6.45, 7) is 7.42. The molecule has 0 aromatic heterocycles. The van der Waals surface area contributed by atoms with Gasteiger partial charge in [0.25, 0.3) is 5.91 Å². The van der Waals surface area contributed by atoms with Crippen molar-refractivity contribution in [3.63, 3.8) is 0 Å². The van der Waals surface area contributed by atoms with E-state index >= 15 is 0 Å². The molecule has 1 aromatic carbocycles. The van der Waals surface area contributed by atoms with Crippen LogP contribution in [-0.4, -0.2) is 25.6 Å². The molecule has 0 aliphatic rings. The van der Waals surface area contributed by atoms with Gasteiger partial charge in [-0.1, -0.05) is 17.7 Å². The molecular formula is C15H24N2O2. The minimum absolute atomic E-state index is 0.0629. The number of aryl methyl sites for hydroxylation is 3. The second kappa shape index (κ2) is 7.79. The van der Waals surface area contributed by atoms with Crippen LogP contribution in [0.15, 0.2) is 12.1 Å². The molecule has 0 aliphatic heterocycles. The summed E-state index contributed by atoms with van der Waals surface area (Å²) in [6, 6.07) is 4.11. The number of nitrogens with one attached hydrogen (secondary N) is 1. The number of benzene rings is 1. The highest BCUT2D eigenvalue weighted by molar-refractivity contribution is 5.77. The lowest BCUT2D eigenvalue weighted by atomic mass is 10.1. The summed E-state index contributed by atoms with van der Waals surface area (Å²) in [7, 11) is 0. The Morgan fingerprint density at radius 2 is 1.84 bits per heavy atom. The van der Waals surface area contributed by atoms with Gasteiger partial charge in [-0.2, -0.15) is 0 Å². The number of amides is 1. The molecule has 0 spiro atoms. The van der Waals surface area contributed by atoms with Crippen molar-refractivity contribution in [2.75, 3.05) is 19.7 Å². The van der Waals surface area contributed by atoms with Crippen LogP contribution in [0.1, 0.15) is 29.5 Å². The van der Waals surface area contributed by atoms with E-state index in [0.717, 1.165) is 29.7 Å². The highest BCUT2D eigenvalue weighted by Gasteiger charge is 2.07. The first-order chi connectivity index (χ1) is 9.04. The van der Waals surface area contributed by atoms with E-state index in [-0.39, 0.29) is 12.5 Å². The summed E-state index contributed by atoms with van der Waals surface area (Å²) >= 11 is 0. The molecule has 1 rings (SSSR count). The Morgan fingerprint density at radius 3 is 2.42 bits per heavy atom. The smallest absolute Gasteiger partial charge is 0.257 e. The molecule has 0 heterocycles. The Balaban J connectivity index is 2.42. The van der Waals surface area contributed by atoms with Crippen LogP contribution < -0.4 is 15.8 Å². The molecule has 4 nitrogen and oxygen atoms in total. The maximum Gasteiger partial charge on any atom is 0.257 e. The fourth-order valence-electron chi connectivity index (χ4n) is 2.08. The Kier molecular flexibility index (Phi) is 6.36. The van der Waals surface area contributed by atoms with Gasteiger partial charge < -0.3 is 15.8 Å². The first kappa shape index (κ1) is 15.5. The minimum atomic E-state index is -0.0867. The van der Waals surface area contributed by atoms with Crippen molar-refractivity contribution >= 4 is 5.91 Å². The Labute approximate surface area is 115 Å². The van der Waals surface area contributed by atoms with Gasteiger partial charge in [0.05, 0.1) is 0 Å². The lowest BCUT2D eigenvalue weighted by Crippen LogP contribution is -2.30. The Morgan fingerprint density at radius 1 is 1.21 bits per heavy atom. The zero-order chi connectivity index (χ0) is 14.3. The third-order valence-electron chi connectivity index (χ3n) is 2.91. The van der Waals surface area contributed by atoms with Gasteiger partial charge in [-0.25, -0.2) is 0 Å². The highest BCUT2D eigenvalue weighted by atomic mass is 16.5. The number of unbranched alkanes of at least 4 members (excludes halogenated alkanes) is 1. The van der Waals surface area contributed by atoms with Crippen LogP contribution in [0.2, 0.25) is 0 Å². The predicted molar refractivity (Wildman–Crippen MR) is 77.4 cm³/mol. The molecule has 0 bridgehead atoms. The molecule has 1 amide bonds. The molecule has 4 heteroatoms. The molecule has 1 aromatic rings. The second-order valence-electron chi connectivity index (χ2n) is 4.86. The van der Waals surface area contributed by atoms with Gasteiger partial charge >= 0.3 is 0 Å². The third-order valence-corrected chi connectivity index (χ3v) is 2.91. The molecule has 0 fully saturated rings. The molecule has 0 saturated carbocycles. The fraction of sp³-hybridized carbons (Fsp3) is 0.533. The molecule has 0 atom stereocenters. The molecule has 19 heavy (non-hydrogen) atoms. The van der Waals surface area contributed by atoms with E-state index in [4.69, 9.17) is 10.5 Å². The zero-order valence-corrected chi connectivity index (χ0v) is 12.1. The van der Waals surface area contributed by atoms with Gasteiger partial charge in [-0.15, -0.1) is 0 Å². The first-order valence-electron chi connectivity index (χ1n) is 6.72. The molecule has 3 N–H and O–H groups in total. The van der Waals surface area contributed by atoms with Crippen LogP contribution in [0, 0.1) is 20.8 Å². The second-order valence-corrected chi connectivity index (χ2v) is 4.86. The summed E-state index contributed by atoms with van der Waals surface area (Å²) in [5.74, 6) is 0.721.